The zero-order valence-electron chi connectivity index (χ0n) is 8.13. The van der Waals surface area contributed by atoms with Crippen molar-refractivity contribution in [2.24, 2.45) is 17.6 Å². The van der Waals surface area contributed by atoms with Crippen LogP contribution in [0.25, 0.3) is 0 Å². The van der Waals surface area contributed by atoms with Crippen molar-refractivity contribution in [3.05, 3.63) is 0 Å². The van der Waals surface area contributed by atoms with Crippen molar-refractivity contribution >= 4 is 0 Å². The molecule has 0 bridgehead atoms. The maximum Gasteiger partial charge on any atom is 0.0663 e. The van der Waals surface area contributed by atoms with Crippen LogP contribution in [0.4, 0.5) is 0 Å². The number of aliphatic hydroxyl groups is 1. The molecule has 1 aliphatic carbocycles. The molecule has 3 heteroatoms. The zero-order chi connectivity index (χ0) is 9.31. The lowest BCUT2D eigenvalue weighted by molar-refractivity contribution is -0.0295. The van der Waals surface area contributed by atoms with Gasteiger partial charge in [-0.05, 0) is 57.2 Å². The third-order valence-electron chi connectivity index (χ3n) is 3.71. The van der Waals surface area contributed by atoms with Crippen LogP contribution >= 0.6 is 0 Å². The molecule has 76 valence electrons. The normalized spacial score (nSPS) is 44.8. The Labute approximate surface area is 79.7 Å². The molecule has 1 saturated carbocycles. The minimum absolute atomic E-state index is 0.443. The Kier molecular flexibility index (Phi) is 2.58. The third-order valence-corrected chi connectivity index (χ3v) is 3.71. The minimum Gasteiger partial charge on any atom is -0.390 e. The fraction of sp³-hybridized carbons (Fsp3) is 1.00. The predicted molar refractivity (Wildman–Crippen MR) is 52.3 cm³/mol. The van der Waals surface area contributed by atoms with Gasteiger partial charge in [-0.1, -0.05) is 0 Å². The minimum atomic E-state index is -0.443. The number of fused-ring (bicyclic) bond motifs is 1. The average molecular weight is 184 g/mol. The van der Waals surface area contributed by atoms with Gasteiger partial charge in [0.2, 0.25) is 0 Å². The van der Waals surface area contributed by atoms with E-state index in [1.807, 2.05) is 0 Å². The van der Waals surface area contributed by atoms with E-state index in [4.69, 9.17) is 5.73 Å². The van der Waals surface area contributed by atoms with Gasteiger partial charge in [-0.2, -0.15) is 0 Å². The fourth-order valence-electron chi connectivity index (χ4n) is 2.90. The molecule has 0 spiro atoms. The smallest absolute Gasteiger partial charge is 0.0663 e. The maximum absolute atomic E-state index is 10.2. The molecule has 0 radical (unpaired) electrons. The third kappa shape index (κ3) is 1.87. The number of nitrogens with one attached hydrogen (secondary N) is 1. The lowest BCUT2D eigenvalue weighted by Crippen LogP contribution is -2.40. The molecule has 3 nitrogen and oxygen atoms in total. The van der Waals surface area contributed by atoms with Crippen LogP contribution in [0.3, 0.4) is 0 Å². The van der Waals surface area contributed by atoms with E-state index in [1.165, 1.54) is 6.42 Å². The summed E-state index contributed by atoms with van der Waals surface area (Å²) in [5.41, 5.74) is 5.06. The Morgan fingerprint density at radius 2 is 2.15 bits per heavy atom. The van der Waals surface area contributed by atoms with Crippen LogP contribution in [0.5, 0.6) is 0 Å². The molecule has 2 fully saturated rings. The van der Waals surface area contributed by atoms with E-state index in [-0.39, 0.29) is 0 Å². The van der Waals surface area contributed by atoms with Gasteiger partial charge in [-0.25, -0.2) is 0 Å². The van der Waals surface area contributed by atoms with E-state index < -0.39 is 5.60 Å². The summed E-state index contributed by atoms with van der Waals surface area (Å²) < 4.78 is 0. The quantitative estimate of drug-likeness (QED) is 0.570. The molecule has 2 rings (SSSR count). The van der Waals surface area contributed by atoms with Crippen LogP contribution in [0, 0.1) is 11.8 Å². The van der Waals surface area contributed by atoms with Gasteiger partial charge in [0.05, 0.1) is 5.60 Å². The first-order valence-electron chi connectivity index (χ1n) is 5.37. The van der Waals surface area contributed by atoms with Crippen LogP contribution < -0.4 is 11.1 Å². The largest absolute Gasteiger partial charge is 0.390 e. The highest BCUT2D eigenvalue weighted by Gasteiger charge is 2.40. The van der Waals surface area contributed by atoms with Gasteiger partial charge < -0.3 is 16.2 Å². The molecule has 0 aromatic rings. The monoisotopic (exact) mass is 184 g/mol. The SMILES string of the molecule is NCCC1(O)CCC2CNCC2C1. The first-order chi connectivity index (χ1) is 6.23. The van der Waals surface area contributed by atoms with Gasteiger partial charge >= 0.3 is 0 Å². The first-order valence-corrected chi connectivity index (χ1v) is 5.37. The second-order valence-corrected chi connectivity index (χ2v) is 4.68. The first kappa shape index (κ1) is 9.44. The topological polar surface area (TPSA) is 58.3 Å². The fourth-order valence-corrected chi connectivity index (χ4v) is 2.90. The van der Waals surface area contributed by atoms with Gasteiger partial charge in [0.1, 0.15) is 0 Å². The van der Waals surface area contributed by atoms with Gasteiger partial charge in [-0.15, -0.1) is 0 Å². The van der Waals surface area contributed by atoms with Crippen molar-refractivity contribution < 1.29 is 5.11 Å². The highest BCUT2D eigenvalue weighted by atomic mass is 16.3. The Morgan fingerprint density at radius 3 is 2.92 bits per heavy atom. The highest BCUT2D eigenvalue weighted by molar-refractivity contribution is 4.94. The van der Waals surface area contributed by atoms with E-state index in [0.29, 0.717) is 12.5 Å². The number of nitrogens with two attached hydrogens (primary N) is 1. The molecule has 4 N–H and O–H groups in total. The molecule has 13 heavy (non-hydrogen) atoms. The summed E-state index contributed by atoms with van der Waals surface area (Å²) in [6, 6.07) is 0. The predicted octanol–water partition coefficient (Wildman–Crippen LogP) is 0.0858. The lowest BCUT2D eigenvalue weighted by Gasteiger charge is -2.38. The van der Waals surface area contributed by atoms with Gasteiger partial charge in [0.25, 0.3) is 0 Å². The molecule has 1 aliphatic heterocycles. The molecule has 3 atom stereocenters. The van der Waals surface area contributed by atoms with Crippen LogP contribution in [0.15, 0.2) is 0 Å². The van der Waals surface area contributed by atoms with Crippen LogP contribution in [0.2, 0.25) is 0 Å². The molecular formula is C10H20N2O. The van der Waals surface area contributed by atoms with Crippen LogP contribution in [-0.2, 0) is 0 Å². The van der Waals surface area contributed by atoms with Crippen LogP contribution in [-0.4, -0.2) is 30.3 Å². The van der Waals surface area contributed by atoms with Crippen molar-refractivity contribution in [2.45, 2.75) is 31.3 Å². The van der Waals surface area contributed by atoms with Crippen molar-refractivity contribution in [1.29, 1.82) is 0 Å². The van der Waals surface area contributed by atoms with Crippen LogP contribution in [0.1, 0.15) is 25.7 Å². The van der Waals surface area contributed by atoms with E-state index in [9.17, 15) is 5.11 Å². The second-order valence-electron chi connectivity index (χ2n) is 4.68. The van der Waals surface area contributed by atoms with E-state index >= 15 is 0 Å². The highest BCUT2D eigenvalue weighted by Crippen LogP contribution is 2.39. The van der Waals surface area contributed by atoms with Crippen molar-refractivity contribution in [3.63, 3.8) is 0 Å². The van der Waals surface area contributed by atoms with E-state index in [1.54, 1.807) is 0 Å². The summed E-state index contributed by atoms with van der Waals surface area (Å²) in [6.45, 7) is 2.86. The second kappa shape index (κ2) is 3.56. The van der Waals surface area contributed by atoms with Gasteiger partial charge in [0.15, 0.2) is 0 Å². The van der Waals surface area contributed by atoms with Gasteiger partial charge in [0, 0.05) is 0 Å². The average Bonchev–Trinajstić information content (AvgIpc) is 2.50. The van der Waals surface area contributed by atoms with Crippen molar-refractivity contribution in [2.75, 3.05) is 19.6 Å². The number of hydrogen-bond donors (Lipinski definition) is 3. The summed E-state index contributed by atoms with van der Waals surface area (Å²) in [5, 5.41) is 13.6. The van der Waals surface area contributed by atoms with Crippen molar-refractivity contribution in [1.82, 2.24) is 5.32 Å². The number of rotatable bonds is 2. The Balaban J connectivity index is 1.95. The summed E-state index contributed by atoms with van der Waals surface area (Å²) in [7, 11) is 0. The molecular weight excluding hydrogens is 164 g/mol. The Hall–Kier alpha value is -0.120. The standard InChI is InChI=1S/C10H20N2O/c11-4-3-10(13)2-1-8-6-12-7-9(8)5-10/h8-9,12-13H,1-7,11H2. The molecule has 0 aromatic heterocycles. The molecule has 0 amide bonds. The van der Waals surface area contributed by atoms with Crippen molar-refractivity contribution in [3.8, 4) is 0 Å². The van der Waals surface area contributed by atoms with Gasteiger partial charge in [-0.3, -0.25) is 0 Å². The summed E-state index contributed by atoms with van der Waals surface area (Å²) >= 11 is 0. The molecule has 3 unspecified atom stereocenters. The molecule has 2 aliphatic rings. The molecule has 0 aromatic carbocycles. The van der Waals surface area contributed by atoms with E-state index in [0.717, 1.165) is 38.3 Å². The summed E-state index contributed by atoms with van der Waals surface area (Å²) in [6.07, 6.45) is 3.86. The van der Waals surface area contributed by atoms with E-state index in [2.05, 4.69) is 5.32 Å². The molecule has 1 saturated heterocycles. The maximum atomic E-state index is 10.2. The summed E-state index contributed by atoms with van der Waals surface area (Å²) in [5.74, 6) is 1.52. The Morgan fingerprint density at radius 1 is 1.38 bits per heavy atom. The zero-order valence-corrected chi connectivity index (χ0v) is 8.13. The lowest BCUT2D eigenvalue weighted by atomic mass is 9.72. The summed E-state index contributed by atoms with van der Waals surface area (Å²) in [4.78, 5) is 0. The number of hydrogen-bond acceptors (Lipinski definition) is 3. The Bertz CT molecular complexity index is 186. The molecule has 1 heterocycles.